The SMILES string of the molecule is COc1cccc(OC(C)C(=O)NCc2cccc(F)c2)c1. The van der Waals surface area contributed by atoms with Gasteiger partial charge in [0, 0.05) is 12.6 Å². The minimum absolute atomic E-state index is 0.252. The van der Waals surface area contributed by atoms with Crippen LogP contribution in [0.3, 0.4) is 0 Å². The lowest BCUT2D eigenvalue weighted by Gasteiger charge is -2.15. The van der Waals surface area contributed by atoms with Crippen molar-refractivity contribution in [1.29, 1.82) is 0 Å². The van der Waals surface area contributed by atoms with Gasteiger partial charge < -0.3 is 14.8 Å². The smallest absolute Gasteiger partial charge is 0.261 e. The number of carbonyl (C=O) groups is 1. The van der Waals surface area contributed by atoms with Gasteiger partial charge >= 0.3 is 0 Å². The number of methoxy groups -OCH3 is 1. The number of rotatable bonds is 6. The van der Waals surface area contributed by atoms with E-state index in [1.165, 1.54) is 12.1 Å². The molecule has 2 rings (SSSR count). The summed E-state index contributed by atoms with van der Waals surface area (Å²) in [5.41, 5.74) is 0.696. The molecule has 22 heavy (non-hydrogen) atoms. The predicted molar refractivity (Wildman–Crippen MR) is 81.3 cm³/mol. The standard InChI is InChI=1S/C17H18FNO3/c1-12(22-16-8-4-7-15(10-16)21-2)17(20)19-11-13-5-3-6-14(18)9-13/h3-10,12H,11H2,1-2H3,(H,19,20). The van der Waals surface area contributed by atoms with Crippen molar-refractivity contribution >= 4 is 5.91 Å². The molecule has 0 saturated carbocycles. The molecule has 116 valence electrons. The zero-order chi connectivity index (χ0) is 15.9. The number of carbonyl (C=O) groups excluding carboxylic acids is 1. The van der Waals surface area contributed by atoms with Crippen LogP contribution >= 0.6 is 0 Å². The van der Waals surface area contributed by atoms with Crippen LogP contribution in [0.15, 0.2) is 48.5 Å². The Morgan fingerprint density at radius 2 is 1.91 bits per heavy atom. The minimum atomic E-state index is -0.666. The van der Waals surface area contributed by atoms with Crippen molar-refractivity contribution in [3.63, 3.8) is 0 Å². The van der Waals surface area contributed by atoms with Crippen LogP contribution in [-0.2, 0) is 11.3 Å². The first-order valence-electron chi connectivity index (χ1n) is 6.91. The minimum Gasteiger partial charge on any atom is -0.497 e. The van der Waals surface area contributed by atoms with E-state index in [1.807, 2.05) is 0 Å². The lowest BCUT2D eigenvalue weighted by molar-refractivity contribution is -0.127. The maximum Gasteiger partial charge on any atom is 0.261 e. The van der Waals surface area contributed by atoms with E-state index in [9.17, 15) is 9.18 Å². The molecule has 2 aromatic carbocycles. The van der Waals surface area contributed by atoms with E-state index in [2.05, 4.69) is 5.32 Å². The predicted octanol–water partition coefficient (Wildman–Crippen LogP) is 2.92. The van der Waals surface area contributed by atoms with Gasteiger partial charge in [-0.15, -0.1) is 0 Å². The van der Waals surface area contributed by atoms with Crippen LogP contribution in [0.25, 0.3) is 0 Å². The second kappa shape index (κ2) is 7.45. The van der Waals surface area contributed by atoms with Crippen molar-refractivity contribution in [1.82, 2.24) is 5.32 Å². The fourth-order valence-corrected chi connectivity index (χ4v) is 1.91. The highest BCUT2D eigenvalue weighted by Crippen LogP contribution is 2.19. The third kappa shape index (κ3) is 4.48. The molecule has 0 heterocycles. The van der Waals surface area contributed by atoms with Gasteiger partial charge in [-0.3, -0.25) is 4.79 Å². The van der Waals surface area contributed by atoms with E-state index in [0.29, 0.717) is 17.1 Å². The van der Waals surface area contributed by atoms with Crippen LogP contribution in [0, 0.1) is 5.82 Å². The van der Waals surface area contributed by atoms with Gasteiger partial charge in [-0.1, -0.05) is 18.2 Å². The van der Waals surface area contributed by atoms with Gasteiger partial charge in [0.15, 0.2) is 6.10 Å². The Hall–Kier alpha value is -2.56. The lowest BCUT2D eigenvalue weighted by atomic mass is 10.2. The molecule has 1 atom stereocenters. The molecule has 1 unspecified atom stereocenters. The molecule has 0 radical (unpaired) electrons. The molecule has 4 nitrogen and oxygen atoms in total. The number of hydrogen-bond donors (Lipinski definition) is 1. The summed E-state index contributed by atoms with van der Waals surface area (Å²) in [5.74, 6) is 0.608. The highest BCUT2D eigenvalue weighted by molar-refractivity contribution is 5.80. The largest absolute Gasteiger partial charge is 0.497 e. The van der Waals surface area contributed by atoms with Gasteiger partial charge in [-0.25, -0.2) is 4.39 Å². The first-order chi connectivity index (χ1) is 10.6. The van der Waals surface area contributed by atoms with Crippen LogP contribution in [0.5, 0.6) is 11.5 Å². The molecule has 0 aliphatic rings. The monoisotopic (exact) mass is 303 g/mol. The van der Waals surface area contributed by atoms with E-state index in [-0.39, 0.29) is 18.3 Å². The number of halogens is 1. The van der Waals surface area contributed by atoms with Crippen molar-refractivity contribution in [2.75, 3.05) is 7.11 Å². The second-order valence-corrected chi connectivity index (χ2v) is 4.79. The first kappa shape index (κ1) is 15.8. The molecule has 0 saturated heterocycles. The van der Waals surface area contributed by atoms with Crippen LogP contribution in [0.2, 0.25) is 0 Å². The molecule has 0 spiro atoms. The van der Waals surface area contributed by atoms with Crippen LogP contribution in [-0.4, -0.2) is 19.1 Å². The number of benzene rings is 2. The number of ether oxygens (including phenoxy) is 2. The molecule has 1 amide bonds. The van der Waals surface area contributed by atoms with Crippen molar-refractivity contribution in [3.05, 3.63) is 59.9 Å². The molecule has 0 bridgehead atoms. The van der Waals surface area contributed by atoms with Gasteiger partial charge in [-0.2, -0.15) is 0 Å². The molecule has 0 aliphatic heterocycles. The average Bonchev–Trinajstić information content (AvgIpc) is 2.52. The second-order valence-electron chi connectivity index (χ2n) is 4.79. The summed E-state index contributed by atoms with van der Waals surface area (Å²) in [4.78, 5) is 12.0. The van der Waals surface area contributed by atoms with Crippen molar-refractivity contribution < 1.29 is 18.7 Å². The Bertz CT molecular complexity index is 645. The van der Waals surface area contributed by atoms with Gasteiger partial charge in [0.25, 0.3) is 5.91 Å². The molecule has 0 fully saturated rings. The van der Waals surface area contributed by atoms with Crippen LogP contribution in [0.4, 0.5) is 4.39 Å². The lowest BCUT2D eigenvalue weighted by Crippen LogP contribution is -2.35. The maximum atomic E-state index is 13.1. The molecule has 0 aromatic heterocycles. The summed E-state index contributed by atoms with van der Waals surface area (Å²) in [6, 6.07) is 13.1. The van der Waals surface area contributed by atoms with Gasteiger partial charge in [-0.05, 0) is 36.8 Å². The van der Waals surface area contributed by atoms with Gasteiger partial charge in [0.1, 0.15) is 17.3 Å². The quantitative estimate of drug-likeness (QED) is 0.892. The van der Waals surface area contributed by atoms with Crippen molar-refractivity contribution in [2.45, 2.75) is 19.6 Å². The van der Waals surface area contributed by atoms with E-state index >= 15 is 0 Å². The van der Waals surface area contributed by atoms with Gasteiger partial charge in [0.05, 0.1) is 7.11 Å². The number of hydrogen-bond acceptors (Lipinski definition) is 3. The molecular weight excluding hydrogens is 285 g/mol. The van der Waals surface area contributed by atoms with E-state index in [0.717, 1.165) is 0 Å². The topological polar surface area (TPSA) is 47.6 Å². The Balaban J connectivity index is 1.89. The zero-order valence-electron chi connectivity index (χ0n) is 12.5. The van der Waals surface area contributed by atoms with E-state index in [1.54, 1.807) is 50.4 Å². The van der Waals surface area contributed by atoms with Crippen LogP contribution < -0.4 is 14.8 Å². The van der Waals surface area contributed by atoms with Crippen LogP contribution in [0.1, 0.15) is 12.5 Å². The molecular formula is C17H18FNO3. The summed E-state index contributed by atoms with van der Waals surface area (Å²) in [7, 11) is 1.56. The Morgan fingerprint density at radius 1 is 1.18 bits per heavy atom. The Morgan fingerprint density at radius 3 is 2.64 bits per heavy atom. The fourth-order valence-electron chi connectivity index (χ4n) is 1.91. The van der Waals surface area contributed by atoms with E-state index < -0.39 is 6.10 Å². The number of nitrogens with one attached hydrogen (secondary N) is 1. The normalized spacial score (nSPS) is 11.6. The van der Waals surface area contributed by atoms with E-state index in [4.69, 9.17) is 9.47 Å². The molecule has 2 aromatic rings. The molecule has 0 aliphatic carbocycles. The highest BCUT2D eigenvalue weighted by atomic mass is 19.1. The zero-order valence-corrected chi connectivity index (χ0v) is 12.5. The summed E-state index contributed by atoms with van der Waals surface area (Å²) in [6.45, 7) is 1.91. The van der Waals surface area contributed by atoms with Gasteiger partial charge in [0.2, 0.25) is 0 Å². The van der Waals surface area contributed by atoms with Crippen molar-refractivity contribution in [3.8, 4) is 11.5 Å². The summed E-state index contributed by atoms with van der Waals surface area (Å²) in [5, 5.41) is 2.71. The maximum absolute atomic E-state index is 13.1. The Kier molecular flexibility index (Phi) is 5.36. The number of amides is 1. The van der Waals surface area contributed by atoms with Crippen molar-refractivity contribution in [2.24, 2.45) is 0 Å². The molecule has 5 heteroatoms. The summed E-state index contributed by atoms with van der Waals surface area (Å²) < 4.78 is 23.7. The Labute approximate surface area is 128 Å². The molecule has 1 N–H and O–H groups in total. The third-order valence-corrected chi connectivity index (χ3v) is 3.08. The third-order valence-electron chi connectivity index (χ3n) is 3.08. The fraction of sp³-hybridized carbons (Fsp3) is 0.235. The highest BCUT2D eigenvalue weighted by Gasteiger charge is 2.14. The summed E-state index contributed by atoms with van der Waals surface area (Å²) in [6.07, 6.45) is -0.666. The average molecular weight is 303 g/mol. The first-order valence-corrected chi connectivity index (χ1v) is 6.91. The summed E-state index contributed by atoms with van der Waals surface area (Å²) >= 11 is 0.